The van der Waals surface area contributed by atoms with E-state index in [0.29, 0.717) is 11.4 Å². The summed E-state index contributed by atoms with van der Waals surface area (Å²) in [7, 11) is -2.54. The van der Waals surface area contributed by atoms with E-state index in [0.717, 1.165) is 21.0 Å². The summed E-state index contributed by atoms with van der Waals surface area (Å²) >= 11 is 0. The number of hydrogen-bond donors (Lipinski definition) is 1. The van der Waals surface area contributed by atoms with Crippen molar-refractivity contribution < 1.29 is 22.7 Å². The van der Waals surface area contributed by atoms with E-state index < -0.39 is 28.5 Å². The molecule has 41 heavy (non-hydrogen) atoms. The van der Waals surface area contributed by atoms with Gasteiger partial charge in [-0.1, -0.05) is 55.8 Å². The number of sulfonamides is 1. The molecule has 1 atom stereocenters. The van der Waals surface area contributed by atoms with E-state index >= 15 is 0 Å². The van der Waals surface area contributed by atoms with E-state index in [4.69, 9.17) is 4.74 Å². The van der Waals surface area contributed by atoms with Crippen LogP contribution in [-0.2, 0) is 26.2 Å². The van der Waals surface area contributed by atoms with Crippen molar-refractivity contribution in [2.24, 2.45) is 0 Å². The second kappa shape index (κ2) is 13.7. The number of carbonyl (C=O) groups is 2. The molecule has 0 aliphatic heterocycles. The molecule has 0 saturated heterocycles. The normalized spacial score (nSPS) is 12.2. The summed E-state index contributed by atoms with van der Waals surface area (Å²) in [6.45, 7) is 11.0. The number of rotatable bonds is 12. The van der Waals surface area contributed by atoms with Gasteiger partial charge in [-0.15, -0.1) is 0 Å². The van der Waals surface area contributed by atoms with E-state index in [-0.39, 0.29) is 29.3 Å². The lowest BCUT2D eigenvalue weighted by Crippen LogP contribution is -2.52. The fourth-order valence-corrected chi connectivity index (χ4v) is 5.72. The van der Waals surface area contributed by atoms with Gasteiger partial charge in [-0.2, -0.15) is 0 Å². The first-order valence-corrected chi connectivity index (χ1v) is 15.2. The van der Waals surface area contributed by atoms with Crippen LogP contribution < -0.4 is 14.4 Å². The Labute approximate surface area is 244 Å². The third-order valence-corrected chi connectivity index (χ3v) is 8.63. The first-order valence-electron chi connectivity index (χ1n) is 13.8. The highest BCUT2D eigenvalue weighted by molar-refractivity contribution is 7.92. The van der Waals surface area contributed by atoms with Crippen LogP contribution in [0.4, 0.5) is 5.69 Å². The molecule has 0 unspecified atom stereocenters. The minimum absolute atomic E-state index is 0.0798. The van der Waals surface area contributed by atoms with Gasteiger partial charge < -0.3 is 15.0 Å². The smallest absolute Gasteiger partial charge is 0.264 e. The Bertz CT molecular complexity index is 1420. The molecule has 0 fully saturated rings. The maximum Gasteiger partial charge on any atom is 0.264 e. The highest BCUT2D eigenvalue weighted by Crippen LogP contribution is 2.27. The average molecular weight is 580 g/mol. The summed E-state index contributed by atoms with van der Waals surface area (Å²) in [6, 6.07) is 19.9. The molecular formula is C32H41N3O5S. The fraction of sp³-hybridized carbons (Fsp3) is 0.375. The minimum atomic E-state index is -4.11. The van der Waals surface area contributed by atoms with Crippen molar-refractivity contribution in [3.8, 4) is 5.75 Å². The number of benzene rings is 3. The zero-order chi connectivity index (χ0) is 30.3. The van der Waals surface area contributed by atoms with E-state index in [1.165, 1.54) is 4.90 Å². The molecule has 1 N–H and O–H groups in total. The molecule has 0 spiro atoms. The Morgan fingerprint density at radius 1 is 0.854 bits per heavy atom. The quantitative estimate of drug-likeness (QED) is 0.316. The van der Waals surface area contributed by atoms with Gasteiger partial charge in [0.15, 0.2) is 0 Å². The SMILES string of the molecule is COc1ccc(CN(C(=O)CN(c2ccc(C(C)C)cc2)S(=O)(=O)c2ccc(C)cc2)[C@@H](C)C(=O)NC(C)C)cc1. The van der Waals surface area contributed by atoms with Gasteiger partial charge in [0.05, 0.1) is 17.7 Å². The molecular weight excluding hydrogens is 538 g/mol. The standard InChI is InChI=1S/C32H41N3O5S/c1-22(2)27-12-14-28(15-13-27)35(41(38,39)30-18-8-24(5)9-19-30)21-31(36)34(25(6)32(37)33-23(3)4)20-26-10-16-29(40-7)17-11-26/h8-19,22-23,25H,20-21H2,1-7H3,(H,33,37)/t25-/m0/s1. The molecule has 220 valence electrons. The summed E-state index contributed by atoms with van der Waals surface area (Å²) in [6.07, 6.45) is 0. The predicted octanol–water partition coefficient (Wildman–Crippen LogP) is 5.26. The van der Waals surface area contributed by atoms with E-state index in [9.17, 15) is 18.0 Å². The van der Waals surface area contributed by atoms with Gasteiger partial charge in [0, 0.05) is 12.6 Å². The van der Waals surface area contributed by atoms with Crippen molar-refractivity contribution in [3.05, 3.63) is 89.5 Å². The Morgan fingerprint density at radius 2 is 1.44 bits per heavy atom. The average Bonchev–Trinajstić information content (AvgIpc) is 2.94. The molecule has 0 radical (unpaired) electrons. The van der Waals surface area contributed by atoms with Gasteiger partial charge in [0.2, 0.25) is 11.8 Å². The van der Waals surface area contributed by atoms with E-state index in [2.05, 4.69) is 19.2 Å². The number of amides is 2. The summed E-state index contributed by atoms with van der Waals surface area (Å²) < 4.78 is 34.3. The van der Waals surface area contributed by atoms with Gasteiger partial charge in [-0.25, -0.2) is 8.42 Å². The third-order valence-electron chi connectivity index (χ3n) is 6.85. The van der Waals surface area contributed by atoms with Gasteiger partial charge >= 0.3 is 0 Å². The van der Waals surface area contributed by atoms with Crippen LogP contribution in [0.3, 0.4) is 0 Å². The van der Waals surface area contributed by atoms with Crippen molar-refractivity contribution in [1.82, 2.24) is 10.2 Å². The Hall–Kier alpha value is -3.85. The largest absolute Gasteiger partial charge is 0.497 e. The molecule has 0 aliphatic rings. The summed E-state index contributed by atoms with van der Waals surface area (Å²) in [5.74, 6) is 0.0949. The zero-order valence-electron chi connectivity index (χ0n) is 24.9. The van der Waals surface area contributed by atoms with Crippen molar-refractivity contribution in [3.63, 3.8) is 0 Å². The van der Waals surface area contributed by atoms with Crippen LogP contribution >= 0.6 is 0 Å². The van der Waals surface area contributed by atoms with Crippen LogP contribution in [0, 0.1) is 6.92 Å². The number of nitrogens with one attached hydrogen (secondary N) is 1. The van der Waals surface area contributed by atoms with E-state index in [1.54, 1.807) is 62.6 Å². The molecule has 3 aromatic rings. The molecule has 3 aromatic carbocycles. The highest BCUT2D eigenvalue weighted by atomic mass is 32.2. The maximum absolute atomic E-state index is 14.0. The zero-order valence-corrected chi connectivity index (χ0v) is 25.7. The molecule has 9 heteroatoms. The van der Waals surface area contributed by atoms with E-state index in [1.807, 2.05) is 45.0 Å². The molecule has 8 nitrogen and oxygen atoms in total. The monoisotopic (exact) mass is 579 g/mol. The number of methoxy groups -OCH3 is 1. The summed E-state index contributed by atoms with van der Waals surface area (Å²) in [4.78, 5) is 28.5. The number of aryl methyl sites for hydroxylation is 1. The summed E-state index contributed by atoms with van der Waals surface area (Å²) in [5, 5.41) is 2.86. The fourth-order valence-electron chi connectivity index (χ4n) is 4.31. The van der Waals surface area contributed by atoms with Gasteiger partial charge in [-0.05, 0) is 81.1 Å². The first-order chi connectivity index (χ1) is 19.3. The van der Waals surface area contributed by atoms with Crippen LogP contribution in [0.25, 0.3) is 0 Å². The Balaban J connectivity index is 2.04. The van der Waals surface area contributed by atoms with Crippen LogP contribution in [-0.4, -0.2) is 50.9 Å². The van der Waals surface area contributed by atoms with Gasteiger partial charge in [0.1, 0.15) is 18.3 Å². The van der Waals surface area contributed by atoms with Crippen molar-refractivity contribution in [1.29, 1.82) is 0 Å². The van der Waals surface area contributed by atoms with Gasteiger partial charge in [-0.3, -0.25) is 13.9 Å². The molecule has 3 rings (SSSR count). The molecule has 0 heterocycles. The van der Waals surface area contributed by atoms with Crippen molar-refractivity contribution in [2.75, 3.05) is 18.0 Å². The lowest BCUT2D eigenvalue weighted by atomic mass is 10.0. The lowest BCUT2D eigenvalue weighted by Gasteiger charge is -2.32. The van der Waals surface area contributed by atoms with Crippen LogP contribution in [0.15, 0.2) is 77.7 Å². The maximum atomic E-state index is 14.0. The molecule has 0 aromatic heterocycles. The molecule has 2 amide bonds. The van der Waals surface area contributed by atoms with Gasteiger partial charge in [0.25, 0.3) is 10.0 Å². The third kappa shape index (κ3) is 8.10. The van der Waals surface area contributed by atoms with Crippen LogP contribution in [0.1, 0.15) is 57.2 Å². The second-order valence-electron chi connectivity index (χ2n) is 10.8. The highest BCUT2D eigenvalue weighted by Gasteiger charge is 2.32. The number of nitrogens with zero attached hydrogens (tertiary/aromatic N) is 2. The molecule has 0 bridgehead atoms. The first kappa shape index (κ1) is 31.7. The number of carbonyl (C=O) groups excluding carboxylic acids is 2. The van der Waals surface area contributed by atoms with Crippen molar-refractivity contribution in [2.45, 2.75) is 71.0 Å². The molecule has 0 aliphatic carbocycles. The second-order valence-corrected chi connectivity index (χ2v) is 12.6. The summed E-state index contributed by atoms with van der Waals surface area (Å²) in [5.41, 5.74) is 3.11. The number of anilines is 1. The predicted molar refractivity (Wildman–Crippen MR) is 163 cm³/mol. The van der Waals surface area contributed by atoms with Crippen LogP contribution in [0.5, 0.6) is 5.75 Å². The van der Waals surface area contributed by atoms with Crippen LogP contribution in [0.2, 0.25) is 0 Å². The van der Waals surface area contributed by atoms with Crippen molar-refractivity contribution >= 4 is 27.5 Å². The Kier molecular flexibility index (Phi) is 10.6. The minimum Gasteiger partial charge on any atom is -0.497 e. The molecule has 0 saturated carbocycles. The topological polar surface area (TPSA) is 96.0 Å². The lowest BCUT2D eigenvalue weighted by molar-refractivity contribution is -0.139. The number of hydrogen-bond acceptors (Lipinski definition) is 5. The number of ether oxygens (including phenoxy) is 1. The Morgan fingerprint density at radius 3 is 1.95 bits per heavy atom.